The third kappa shape index (κ3) is 5.48. The van der Waals surface area contributed by atoms with Gasteiger partial charge < -0.3 is 14.7 Å². The highest BCUT2D eigenvalue weighted by atomic mass is 15.3. The minimum absolute atomic E-state index is 0.00539. The average molecular weight is 936 g/mol. The molecule has 71 heavy (non-hydrogen) atoms. The third-order valence-electron chi connectivity index (χ3n) is 21.1. The van der Waals surface area contributed by atoms with Crippen molar-refractivity contribution in [2.75, 3.05) is 14.7 Å². The van der Waals surface area contributed by atoms with Crippen LogP contribution < -0.4 is 31.1 Å². The van der Waals surface area contributed by atoms with Crippen LogP contribution in [0.2, 0.25) is 0 Å². The van der Waals surface area contributed by atoms with Gasteiger partial charge in [0.15, 0.2) is 0 Å². The van der Waals surface area contributed by atoms with Gasteiger partial charge in [-0.05, 0) is 168 Å². The van der Waals surface area contributed by atoms with E-state index in [0.717, 1.165) is 0 Å². The van der Waals surface area contributed by atoms with E-state index in [1.165, 1.54) is 158 Å². The Bertz CT molecular complexity index is 3330. The number of anilines is 7. The largest absolute Gasteiger partial charge is 0.335 e. The maximum Gasteiger partial charge on any atom is 0.252 e. The second kappa shape index (κ2) is 14.1. The van der Waals surface area contributed by atoms with Crippen molar-refractivity contribution < 1.29 is 0 Å². The van der Waals surface area contributed by atoms with Gasteiger partial charge in [0.1, 0.15) is 0 Å². The minimum atomic E-state index is -0.144. The molecule has 0 N–H and O–H groups in total. The minimum Gasteiger partial charge on any atom is -0.335 e. The van der Waals surface area contributed by atoms with Crippen LogP contribution in [0.1, 0.15) is 190 Å². The van der Waals surface area contributed by atoms with Crippen LogP contribution >= 0.6 is 0 Å². The Balaban J connectivity index is 1.21. The summed E-state index contributed by atoms with van der Waals surface area (Å²) < 4.78 is 0. The Labute approximate surface area is 427 Å². The van der Waals surface area contributed by atoms with Crippen molar-refractivity contribution in [2.45, 2.75) is 200 Å². The highest BCUT2D eigenvalue weighted by molar-refractivity contribution is 7.00. The highest BCUT2D eigenvalue weighted by Gasteiger charge is 2.64. The van der Waals surface area contributed by atoms with Crippen LogP contribution in [0.5, 0.6) is 0 Å². The van der Waals surface area contributed by atoms with Gasteiger partial charge in [-0.1, -0.05) is 167 Å². The second-order valence-corrected chi connectivity index (χ2v) is 27.4. The first-order valence-electron chi connectivity index (χ1n) is 27.7. The van der Waals surface area contributed by atoms with Gasteiger partial charge in [-0.25, -0.2) is 0 Å². The van der Waals surface area contributed by atoms with Gasteiger partial charge in [0.05, 0.1) is 16.8 Å². The fourth-order valence-corrected chi connectivity index (χ4v) is 17.0. The molecular formula is C67H78BN3. The lowest BCUT2D eigenvalue weighted by Gasteiger charge is -2.54. The monoisotopic (exact) mass is 936 g/mol. The number of rotatable bonds is 2. The van der Waals surface area contributed by atoms with Crippen LogP contribution in [0.4, 0.5) is 39.8 Å². The standard InChI is InChI=1S/C67H78BN3/c1-39-33-40(2)56-60-55(39)65(14)30-20-22-32-67(65,16)71(60)53-38-45(70-51-28-25-43(61(5,6)7)36-49(51)64(13)29-19-21-31-66(64,70)15)37-52-57(53)68(56)50-27-26-48-54(46-23-17-18-24-47(46)63(48,11)12)59(50)69(52)58-41(3)34-44(35-42(58)4)62(8,9)10/h17-18,23-28,33-38H,19-22,29-32H2,1-16H3. The fraction of sp³-hybridized carbons (Fsp3) is 0.463. The molecule has 4 unspecified atom stereocenters. The summed E-state index contributed by atoms with van der Waals surface area (Å²) in [7, 11) is 0. The topological polar surface area (TPSA) is 9.72 Å². The summed E-state index contributed by atoms with van der Waals surface area (Å²) >= 11 is 0. The molecule has 4 aliphatic heterocycles. The molecule has 6 aromatic rings. The Morgan fingerprint density at radius 1 is 0.479 bits per heavy atom. The molecular weight excluding hydrogens is 858 g/mol. The van der Waals surface area contributed by atoms with Crippen LogP contribution in [0.3, 0.4) is 0 Å². The number of aryl methyl sites for hydroxylation is 4. The molecule has 7 aliphatic rings. The summed E-state index contributed by atoms with van der Waals surface area (Å²) in [5, 5.41) is 0. The maximum atomic E-state index is 3.00. The van der Waals surface area contributed by atoms with Crippen molar-refractivity contribution in [3.05, 3.63) is 141 Å². The molecule has 6 aromatic carbocycles. The number of hydrogen-bond donors (Lipinski definition) is 0. The lowest BCUT2D eigenvalue weighted by atomic mass is 9.32. The molecule has 3 nitrogen and oxygen atoms in total. The van der Waals surface area contributed by atoms with Crippen molar-refractivity contribution in [3.63, 3.8) is 0 Å². The van der Waals surface area contributed by atoms with Crippen LogP contribution in [0.15, 0.2) is 84.9 Å². The van der Waals surface area contributed by atoms with Crippen molar-refractivity contribution in [3.8, 4) is 11.1 Å². The quantitative estimate of drug-likeness (QED) is 0.160. The van der Waals surface area contributed by atoms with E-state index in [9.17, 15) is 0 Å². The average Bonchev–Trinajstić information content (AvgIpc) is 3.77. The molecule has 0 bridgehead atoms. The molecule has 4 heteroatoms. The van der Waals surface area contributed by atoms with Gasteiger partial charge in [0.25, 0.3) is 6.71 Å². The summed E-state index contributed by atoms with van der Waals surface area (Å²) in [6.07, 6.45) is 9.84. The molecule has 0 radical (unpaired) electrons. The van der Waals surface area contributed by atoms with Gasteiger partial charge in [-0.3, -0.25) is 0 Å². The zero-order chi connectivity index (χ0) is 50.1. The number of nitrogens with zero attached hydrogens (tertiary/aromatic N) is 3. The van der Waals surface area contributed by atoms with E-state index in [1.54, 1.807) is 16.6 Å². The molecule has 13 rings (SSSR count). The molecule has 0 aromatic heterocycles. The lowest BCUT2D eigenvalue weighted by molar-refractivity contribution is 0.193. The normalized spacial score (nSPS) is 26.1. The first kappa shape index (κ1) is 45.6. The van der Waals surface area contributed by atoms with Crippen LogP contribution in [0.25, 0.3) is 11.1 Å². The highest BCUT2D eigenvalue weighted by Crippen LogP contribution is 2.66. The molecule has 0 amide bonds. The SMILES string of the molecule is Cc1cc(C)c2c3c1B1c4ccc5c(c4N(c4c(C)cc(C(C)(C)C)cc4C)c4cc(N6c7ccc(C(C)(C)C)cc7C7(C)CCCCC67C)cc(c41)N3C1(C)CCCCC21C)-c1ccccc1C5(C)C. The van der Waals surface area contributed by atoms with Crippen molar-refractivity contribution in [1.29, 1.82) is 0 Å². The molecule has 0 saturated heterocycles. The summed E-state index contributed by atoms with van der Waals surface area (Å²) in [5.74, 6) is 0. The Kier molecular flexibility index (Phi) is 9.05. The zero-order valence-electron chi connectivity index (χ0n) is 46.2. The molecule has 2 fully saturated rings. The maximum absolute atomic E-state index is 3.00. The zero-order valence-corrected chi connectivity index (χ0v) is 46.2. The third-order valence-corrected chi connectivity index (χ3v) is 21.1. The first-order valence-corrected chi connectivity index (χ1v) is 27.7. The van der Waals surface area contributed by atoms with Crippen LogP contribution in [-0.2, 0) is 27.1 Å². The Morgan fingerprint density at radius 2 is 1.10 bits per heavy atom. The van der Waals surface area contributed by atoms with Crippen molar-refractivity contribution in [2.24, 2.45) is 0 Å². The van der Waals surface area contributed by atoms with E-state index in [0.29, 0.717) is 0 Å². The number of fused-ring (bicyclic) bond motifs is 14. The molecule has 3 aliphatic carbocycles. The summed E-state index contributed by atoms with van der Waals surface area (Å²) in [4.78, 5) is 8.74. The van der Waals surface area contributed by atoms with E-state index in [4.69, 9.17) is 0 Å². The molecule has 364 valence electrons. The second-order valence-electron chi connectivity index (χ2n) is 27.4. The van der Waals surface area contributed by atoms with Gasteiger partial charge in [0, 0.05) is 55.9 Å². The Hall–Kier alpha value is -5.22. The van der Waals surface area contributed by atoms with Gasteiger partial charge >= 0.3 is 0 Å². The number of hydrogen-bond acceptors (Lipinski definition) is 3. The summed E-state index contributed by atoms with van der Waals surface area (Å²) in [6, 6.07) is 35.3. The summed E-state index contributed by atoms with van der Waals surface area (Å²) in [6.45, 7) is 39.6. The van der Waals surface area contributed by atoms with Crippen LogP contribution in [-0.4, -0.2) is 17.8 Å². The van der Waals surface area contributed by atoms with E-state index < -0.39 is 0 Å². The lowest BCUT2D eigenvalue weighted by Crippen LogP contribution is -2.65. The molecule has 0 spiro atoms. The van der Waals surface area contributed by atoms with E-state index in [1.807, 2.05) is 0 Å². The Morgan fingerprint density at radius 3 is 1.77 bits per heavy atom. The predicted molar refractivity (Wildman–Crippen MR) is 305 cm³/mol. The fourth-order valence-electron chi connectivity index (χ4n) is 17.0. The molecule has 4 atom stereocenters. The number of benzene rings is 6. The van der Waals surface area contributed by atoms with E-state index >= 15 is 0 Å². The van der Waals surface area contributed by atoms with E-state index in [2.05, 4.69) is 210 Å². The van der Waals surface area contributed by atoms with Crippen molar-refractivity contribution in [1.82, 2.24) is 0 Å². The van der Waals surface area contributed by atoms with Gasteiger partial charge in [-0.2, -0.15) is 0 Å². The summed E-state index contributed by atoms with van der Waals surface area (Å²) in [5.41, 5.74) is 31.3. The molecule has 2 saturated carbocycles. The predicted octanol–water partition coefficient (Wildman–Crippen LogP) is 15.9. The van der Waals surface area contributed by atoms with Crippen LogP contribution in [0, 0.1) is 27.7 Å². The van der Waals surface area contributed by atoms with Gasteiger partial charge in [-0.15, -0.1) is 0 Å². The molecule has 4 heterocycles. The van der Waals surface area contributed by atoms with Crippen molar-refractivity contribution >= 4 is 62.9 Å². The first-order chi connectivity index (χ1) is 33.4. The van der Waals surface area contributed by atoms with E-state index in [-0.39, 0.29) is 44.9 Å². The smallest absolute Gasteiger partial charge is 0.252 e. The van der Waals surface area contributed by atoms with Gasteiger partial charge in [0.2, 0.25) is 0 Å².